The highest BCUT2D eigenvalue weighted by Crippen LogP contribution is 2.24. The molecule has 114 valence electrons. The van der Waals surface area contributed by atoms with Crippen LogP contribution in [0.5, 0.6) is 11.5 Å². The molecule has 20 heavy (non-hydrogen) atoms. The van der Waals surface area contributed by atoms with Crippen molar-refractivity contribution in [3.05, 3.63) is 24.3 Å². The van der Waals surface area contributed by atoms with Crippen molar-refractivity contribution in [2.75, 3.05) is 26.8 Å². The zero-order valence-corrected chi connectivity index (χ0v) is 11.4. The summed E-state index contributed by atoms with van der Waals surface area (Å²) in [6, 6.07) is 5.31. The van der Waals surface area contributed by atoms with Crippen LogP contribution in [0.3, 0.4) is 0 Å². The number of rotatable bonds is 8. The van der Waals surface area contributed by atoms with Crippen LogP contribution < -0.4 is 14.8 Å². The normalized spacial score (nSPS) is 13.1. The number of hydrogen-bond donors (Lipinski definition) is 1. The number of halogens is 3. The maximum absolute atomic E-state index is 12.0. The van der Waals surface area contributed by atoms with Gasteiger partial charge in [-0.25, -0.2) is 0 Å². The highest BCUT2D eigenvalue weighted by Gasteiger charge is 2.30. The molecule has 1 N–H and O–H groups in total. The summed E-state index contributed by atoms with van der Waals surface area (Å²) in [5.41, 5.74) is 0. The predicted octanol–water partition coefficient (Wildman–Crippen LogP) is 2.59. The van der Waals surface area contributed by atoms with E-state index in [0.29, 0.717) is 25.4 Å². The van der Waals surface area contributed by atoms with E-state index in [1.54, 1.807) is 7.11 Å². The molecule has 0 saturated heterocycles. The Labute approximate surface area is 115 Å². The Balaban J connectivity index is 2.37. The fourth-order valence-corrected chi connectivity index (χ4v) is 1.47. The molecule has 0 amide bonds. The van der Waals surface area contributed by atoms with Crippen molar-refractivity contribution >= 4 is 0 Å². The minimum Gasteiger partial charge on any atom is -0.489 e. The number of benzene rings is 1. The second kappa shape index (κ2) is 7.96. The van der Waals surface area contributed by atoms with Gasteiger partial charge in [0, 0.05) is 20.2 Å². The van der Waals surface area contributed by atoms with Gasteiger partial charge in [0.1, 0.15) is 17.6 Å². The largest absolute Gasteiger partial charge is 0.573 e. The highest BCUT2D eigenvalue weighted by atomic mass is 19.4. The van der Waals surface area contributed by atoms with Crippen molar-refractivity contribution in [2.45, 2.75) is 19.4 Å². The van der Waals surface area contributed by atoms with Gasteiger partial charge in [0.2, 0.25) is 0 Å². The van der Waals surface area contributed by atoms with Crippen molar-refractivity contribution in [1.82, 2.24) is 5.32 Å². The van der Waals surface area contributed by atoms with Gasteiger partial charge in [0.15, 0.2) is 0 Å². The van der Waals surface area contributed by atoms with Crippen molar-refractivity contribution in [1.29, 1.82) is 0 Å². The van der Waals surface area contributed by atoms with Crippen LogP contribution in [-0.2, 0) is 4.74 Å². The number of hydrogen-bond acceptors (Lipinski definition) is 4. The van der Waals surface area contributed by atoms with Crippen LogP contribution in [0.4, 0.5) is 13.2 Å². The summed E-state index contributed by atoms with van der Waals surface area (Å²) < 4.78 is 50.1. The SMILES string of the molecule is COCCNCC(C)Oc1ccc(OC(F)(F)F)cc1. The molecule has 1 unspecified atom stereocenters. The van der Waals surface area contributed by atoms with Gasteiger partial charge in [-0.05, 0) is 31.2 Å². The van der Waals surface area contributed by atoms with Crippen molar-refractivity contribution in [2.24, 2.45) is 0 Å². The first-order valence-electron chi connectivity index (χ1n) is 6.13. The van der Waals surface area contributed by atoms with Gasteiger partial charge < -0.3 is 19.5 Å². The maximum Gasteiger partial charge on any atom is 0.573 e. The molecule has 1 atom stereocenters. The fourth-order valence-electron chi connectivity index (χ4n) is 1.47. The molecule has 7 heteroatoms. The molecule has 1 aromatic carbocycles. The molecular weight excluding hydrogens is 275 g/mol. The zero-order valence-electron chi connectivity index (χ0n) is 11.4. The first kappa shape index (κ1) is 16.6. The molecule has 0 bridgehead atoms. The van der Waals surface area contributed by atoms with E-state index < -0.39 is 6.36 Å². The molecule has 4 nitrogen and oxygen atoms in total. The first-order valence-corrected chi connectivity index (χ1v) is 6.13. The first-order chi connectivity index (χ1) is 9.40. The van der Waals surface area contributed by atoms with E-state index in [1.165, 1.54) is 24.3 Å². The van der Waals surface area contributed by atoms with Crippen LogP contribution in [0.25, 0.3) is 0 Å². The fraction of sp³-hybridized carbons (Fsp3) is 0.538. The van der Waals surface area contributed by atoms with Crippen LogP contribution in [-0.4, -0.2) is 39.3 Å². The quantitative estimate of drug-likeness (QED) is 0.748. The number of alkyl halides is 3. The molecule has 0 spiro atoms. The van der Waals surface area contributed by atoms with Crippen molar-refractivity contribution in [3.8, 4) is 11.5 Å². The third-order valence-corrected chi connectivity index (χ3v) is 2.31. The molecule has 0 radical (unpaired) electrons. The number of methoxy groups -OCH3 is 1. The minimum absolute atomic E-state index is 0.110. The molecular formula is C13H18F3NO3. The van der Waals surface area contributed by atoms with Crippen molar-refractivity contribution < 1.29 is 27.4 Å². The predicted molar refractivity (Wildman–Crippen MR) is 68.0 cm³/mol. The Morgan fingerprint density at radius 2 is 1.75 bits per heavy atom. The van der Waals surface area contributed by atoms with E-state index in [4.69, 9.17) is 9.47 Å². The van der Waals surface area contributed by atoms with E-state index in [9.17, 15) is 13.2 Å². The summed E-state index contributed by atoms with van der Waals surface area (Å²) in [7, 11) is 1.62. The van der Waals surface area contributed by atoms with Crippen LogP contribution in [0.1, 0.15) is 6.92 Å². The molecule has 0 aromatic heterocycles. The molecule has 1 rings (SSSR count). The van der Waals surface area contributed by atoms with Gasteiger partial charge >= 0.3 is 6.36 Å². The third kappa shape index (κ3) is 7.20. The summed E-state index contributed by atoms with van der Waals surface area (Å²) >= 11 is 0. The van der Waals surface area contributed by atoms with Crippen LogP contribution in [0.15, 0.2) is 24.3 Å². The lowest BCUT2D eigenvalue weighted by Crippen LogP contribution is -2.31. The Hall–Kier alpha value is -1.47. The molecule has 0 fully saturated rings. The van der Waals surface area contributed by atoms with Crippen LogP contribution >= 0.6 is 0 Å². The monoisotopic (exact) mass is 293 g/mol. The maximum atomic E-state index is 12.0. The van der Waals surface area contributed by atoms with Gasteiger partial charge in [-0.3, -0.25) is 0 Å². The van der Waals surface area contributed by atoms with Gasteiger partial charge in [0.25, 0.3) is 0 Å². The Kier molecular flexibility index (Phi) is 6.60. The van der Waals surface area contributed by atoms with E-state index in [2.05, 4.69) is 10.1 Å². The summed E-state index contributed by atoms with van der Waals surface area (Å²) in [5, 5.41) is 3.13. The Morgan fingerprint density at radius 1 is 1.15 bits per heavy atom. The molecule has 0 heterocycles. The summed E-state index contributed by atoms with van der Waals surface area (Å²) in [6.45, 7) is 3.79. The average Bonchev–Trinajstić information content (AvgIpc) is 2.35. The molecule has 0 saturated carbocycles. The van der Waals surface area contributed by atoms with Gasteiger partial charge in [-0.15, -0.1) is 13.2 Å². The lowest BCUT2D eigenvalue weighted by molar-refractivity contribution is -0.274. The second-order valence-electron chi connectivity index (χ2n) is 4.14. The lowest BCUT2D eigenvalue weighted by Gasteiger charge is -2.16. The standard InChI is InChI=1S/C13H18F3NO3/c1-10(9-17-7-8-18-2)19-11-3-5-12(6-4-11)20-13(14,15)16/h3-6,10,17H,7-9H2,1-2H3. The van der Waals surface area contributed by atoms with Crippen molar-refractivity contribution in [3.63, 3.8) is 0 Å². The van der Waals surface area contributed by atoms with Gasteiger partial charge in [0.05, 0.1) is 6.61 Å². The lowest BCUT2D eigenvalue weighted by atomic mass is 10.3. The average molecular weight is 293 g/mol. The van der Waals surface area contributed by atoms with E-state index >= 15 is 0 Å². The molecule has 0 aliphatic carbocycles. The number of ether oxygens (including phenoxy) is 3. The highest BCUT2D eigenvalue weighted by molar-refractivity contribution is 5.31. The van der Waals surface area contributed by atoms with E-state index in [1.807, 2.05) is 6.92 Å². The van der Waals surface area contributed by atoms with Gasteiger partial charge in [-0.2, -0.15) is 0 Å². The molecule has 0 aliphatic heterocycles. The minimum atomic E-state index is -4.68. The van der Waals surface area contributed by atoms with Crippen LogP contribution in [0.2, 0.25) is 0 Å². The van der Waals surface area contributed by atoms with Gasteiger partial charge in [-0.1, -0.05) is 0 Å². The zero-order chi connectivity index (χ0) is 15.0. The summed E-state index contributed by atoms with van der Waals surface area (Å²) in [4.78, 5) is 0. The van der Waals surface area contributed by atoms with E-state index in [0.717, 1.165) is 0 Å². The van der Waals surface area contributed by atoms with Crippen LogP contribution in [0, 0.1) is 0 Å². The summed E-state index contributed by atoms with van der Waals surface area (Å²) in [5.74, 6) is 0.219. The Morgan fingerprint density at radius 3 is 2.30 bits per heavy atom. The van der Waals surface area contributed by atoms with E-state index in [-0.39, 0.29) is 11.9 Å². The summed E-state index contributed by atoms with van der Waals surface area (Å²) in [6.07, 6.45) is -4.79. The Bertz CT molecular complexity index is 381. The second-order valence-corrected chi connectivity index (χ2v) is 4.14. The topological polar surface area (TPSA) is 39.7 Å². The smallest absolute Gasteiger partial charge is 0.489 e. The third-order valence-electron chi connectivity index (χ3n) is 2.31. The number of nitrogens with one attached hydrogen (secondary N) is 1. The molecule has 0 aliphatic rings. The molecule has 1 aromatic rings.